The normalized spacial score (nSPS) is 11.4. The van der Waals surface area contributed by atoms with E-state index in [2.05, 4.69) is 25.6 Å². The topological polar surface area (TPSA) is 119 Å². The van der Waals surface area contributed by atoms with Crippen molar-refractivity contribution in [3.63, 3.8) is 0 Å². The van der Waals surface area contributed by atoms with Crippen LogP contribution in [0.5, 0.6) is 5.75 Å². The van der Waals surface area contributed by atoms with E-state index in [0.717, 1.165) is 23.2 Å². The number of aliphatic hydroxyl groups excluding tert-OH is 1. The zero-order chi connectivity index (χ0) is 20.8. The lowest BCUT2D eigenvalue weighted by Gasteiger charge is -2.10. The van der Waals surface area contributed by atoms with Crippen molar-refractivity contribution in [3.05, 3.63) is 95.8 Å². The number of hydrogen-bond donors (Lipinski definition) is 2. The van der Waals surface area contributed by atoms with Crippen molar-refractivity contribution in [1.82, 2.24) is 30.2 Å². The smallest absolute Gasteiger partial charge is 0.239 e. The molecule has 0 aliphatic rings. The van der Waals surface area contributed by atoms with Crippen LogP contribution in [0.4, 0.5) is 0 Å². The number of aromatic nitrogens is 6. The fourth-order valence-corrected chi connectivity index (χ4v) is 2.84. The molecular formula is C21H18N6O3. The van der Waals surface area contributed by atoms with Crippen LogP contribution < -0.4 is 4.74 Å². The Hall–Kier alpha value is -4.27. The number of carbonyl (C=O) groups is 1. The van der Waals surface area contributed by atoms with Gasteiger partial charge in [0.15, 0.2) is 11.5 Å². The predicted octanol–water partition coefficient (Wildman–Crippen LogP) is 2.81. The molecule has 4 aromatic rings. The highest BCUT2D eigenvalue weighted by molar-refractivity contribution is 6.07. The summed E-state index contributed by atoms with van der Waals surface area (Å²) in [6.07, 6.45) is 4.49. The Balaban J connectivity index is 1.59. The monoisotopic (exact) mass is 402 g/mol. The molecule has 0 saturated carbocycles. The van der Waals surface area contributed by atoms with Gasteiger partial charge in [-0.3, -0.25) is 9.78 Å². The zero-order valence-electron chi connectivity index (χ0n) is 15.8. The fourth-order valence-electron chi connectivity index (χ4n) is 2.84. The highest BCUT2D eigenvalue weighted by Gasteiger charge is 2.15. The van der Waals surface area contributed by atoms with Gasteiger partial charge in [0.25, 0.3) is 0 Å². The summed E-state index contributed by atoms with van der Waals surface area (Å²) in [6, 6.07) is 16.8. The van der Waals surface area contributed by atoms with Crippen LogP contribution in [-0.4, -0.2) is 41.1 Å². The number of nitrogens with zero attached hydrogens (tertiary/aromatic N) is 5. The number of tetrazole rings is 1. The Labute approximate surface area is 171 Å². The fraction of sp³-hybridized carbons (Fsp3) is 0.0952. The third-order valence-corrected chi connectivity index (χ3v) is 4.30. The van der Waals surface area contributed by atoms with Gasteiger partial charge in [-0.2, -0.15) is 5.21 Å². The SMILES string of the molecule is O=C(C=C(O)c1nn[nH]n1)c1cc(COc2ccccc2)n(Cc2ccccn2)c1. The number of benzene rings is 1. The van der Waals surface area contributed by atoms with E-state index in [9.17, 15) is 9.90 Å². The molecule has 3 heterocycles. The number of allylic oxidation sites excluding steroid dienone is 1. The van der Waals surface area contributed by atoms with Crippen molar-refractivity contribution in [2.75, 3.05) is 0 Å². The van der Waals surface area contributed by atoms with E-state index in [1.807, 2.05) is 53.1 Å². The summed E-state index contributed by atoms with van der Waals surface area (Å²) < 4.78 is 7.75. The molecule has 1 aromatic carbocycles. The number of H-pyrrole nitrogens is 1. The second-order valence-electron chi connectivity index (χ2n) is 6.40. The van der Waals surface area contributed by atoms with Gasteiger partial charge >= 0.3 is 0 Å². The Morgan fingerprint density at radius 2 is 2.00 bits per heavy atom. The number of hydrogen-bond acceptors (Lipinski definition) is 7. The highest BCUT2D eigenvalue weighted by Crippen LogP contribution is 2.17. The molecule has 3 aromatic heterocycles. The molecule has 0 saturated heterocycles. The molecule has 0 bridgehead atoms. The van der Waals surface area contributed by atoms with E-state index < -0.39 is 5.78 Å². The second-order valence-corrected chi connectivity index (χ2v) is 6.40. The van der Waals surface area contributed by atoms with Crippen molar-refractivity contribution in [2.24, 2.45) is 0 Å². The lowest BCUT2D eigenvalue weighted by Crippen LogP contribution is -2.07. The molecule has 0 aliphatic heterocycles. The molecule has 0 amide bonds. The quantitative estimate of drug-likeness (QED) is 0.264. The van der Waals surface area contributed by atoms with Gasteiger partial charge in [-0.15, -0.1) is 10.2 Å². The van der Waals surface area contributed by atoms with E-state index in [1.54, 1.807) is 18.5 Å². The highest BCUT2D eigenvalue weighted by atomic mass is 16.5. The molecule has 0 atom stereocenters. The van der Waals surface area contributed by atoms with Gasteiger partial charge in [-0.1, -0.05) is 24.3 Å². The lowest BCUT2D eigenvalue weighted by atomic mass is 10.2. The van der Waals surface area contributed by atoms with E-state index in [4.69, 9.17) is 4.74 Å². The molecule has 9 nitrogen and oxygen atoms in total. The molecule has 150 valence electrons. The summed E-state index contributed by atoms with van der Waals surface area (Å²) in [6.45, 7) is 0.743. The Kier molecular flexibility index (Phi) is 5.61. The van der Waals surface area contributed by atoms with Crippen LogP contribution in [0.15, 0.2) is 73.1 Å². The maximum absolute atomic E-state index is 12.7. The first-order valence-electron chi connectivity index (χ1n) is 9.14. The van der Waals surface area contributed by atoms with Gasteiger partial charge in [0, 0.05) is 24.0 Å². The van der Waals surface area contributed by atoms with Crippen LogP contribution in [0.1, 0.15) is 27.6 Å². The third kappa shape index (κ3) is 4.58. The van der Waals surface area contributed by atoms with Gasteiger partial charge in [0.2, 0.25) is 5.82 Å². The molecule has 0 fully saturated rings. The van der Waals surface area contributed by atoms with Crippen LogP contribution in [0.25, 0.3) is 5.76 Å². The van der Waals surface area contributed by atoms with Crippen molar-refractivity contribution >= 4 is 11.5 Å². The standard InChI is InChI=1S/C21H18N6O3/c28-19(11-20(29)21-23-25-26-24-21)15-10-17(14-30-18-7-2-1-3-8-18)27(12-15)13-16-6-4-5-9-22-16/h1-12,29H,13-14H2,(H,23,24,25,26). The van der Waals surface area contributed by atoms with Gasteiger partial charge in [0.05, 0.1) is 17.9 Å². The third-order valence-electron chi connectivity index (χ3n) is 4.30. The van der Waals surface area contributed by atoms with Crippen LogP contribution in [-0.2, 0) is 13.2 Å². The number of rotatable bonds is 8. The average molecular weight is 402 g/mol. The summed E-state index contributed by atoms with van der Waals surface area (Å²) in [7, 11) is 0. The summed E-state index contributed by atoms with van der Waals surface area (Å²) >= 11 is 0. The van der Waals surface area contributed by atoms with Crippen molar-refractivity contribution in [2.45, 2.75) is 13.2 Å². The first-order chi connectivity index (χ1) is 14.7. The average Bonchev–Trinajstić information content (AvgIpc) is 3.44. The van der Waals surface area contributed by atoms with Crippen molar-refractivity contribution in [1.29, 1.82) is 0 Å². The summed E-state index contributed by atoms with van der Waals surface area (Å²) in [5.74, 6) is -0.0825. The lowest BCUT2D eigenvalue weighted by molar-refractivity contribution is 0.104. The molecular weight excluding hydrogens is 384 g/mol. The predicted molar refractivity (Wildman–Crippen MR) is 108 cm³/mol. The second kappa shape index (κ2) is 8.82. The molecule has 4 rings (SSSR count). The van der Waals surface area contributed by atoms with E-state index in [0.29, 0.717) is 12.1 Å². The Bertz CT molecular complexity index is 1140. The minimum Gasteiger partial charge on any atom is -0.504 e. The van der Waals surface area contributed by atoms with Crippen LogP contribution >= 0.6 is 0 Å². The summed E-state index contributed by atoms with van der Waals surface area (Å²) in [4.78, 5) is 17.0. The van der Waals surface area contributed by atoms with Crippen LogP contribution in [0.3, 0.4) is 0 Å². The van der Waals surface area contributed by atoms with Gasteiger partial charge in [-0.05, 0) is 35.5 Å². The Morgan fingerprint density at radius 3 is 2.73 bits per heavy atom. The zero-order valence-corrected chi connectivity index (χ0v) is 15.8. The number of aliphatic hydroxyl groups is 1. The van der Waals surface area contributed by atoms with Gasteiger partial charge < -0.3 is 14.4 Å². The number of carbonyl (C=O) groups excluding carboxylic acids is 1. The number of para-hydroxylation sites is 1. The van der Waals surface area contributed by atoms with Gasteiger partial charge in [0.1, 0.15) is 12.4 Å². The number of ketones is 1. The molecule has 0 aliphatic carbocycles. The number of nitrogens with one attached hydrogen (secondary N) is 1. The maximum Gasteiger partial charge on any atom is 0.239 e. The molecule has 2 N–H and O–H groups in total. The first-order valence-corrected chi connectivity index (χ1v) is 9.14. The summed E-state index contributed by atoms with van der Waals surface area (Å²) in [5.41, 5.74) is 2.03. The molecule has 9 heteroatoms. The molecule has 0 unspecified atom stereocenters. The van der Waals surface area contributed by atoms with E-state index in [-0.39, 0.29) is 18.2 Å². The maximum atomic E-state index is 12.7. The number of pyridine rings is 1. The van der Waals surface area contributed by atoms with E-state index in [1.165, 1.54) is 0 Å². The van der Waals surface area contributed by atoms with Crippen LogP contribution in [0.2, 0.25) is 0 Å². The van der Waals surface area contributed by atoms with Gasteiger partial charge in [-0.25, -0.2) is 0 Å². The molecule has 30 heavy (non-hydrogen) atoms. The number of ether oxygens (including phenoxy) is 1. The van der Waals surface area contributed by atoms with Crippen LogP contribution in [0, 0.1) is 0 Å². The molecule has 0 spiro atoms. The minimum absolute atomic E-state index is 0.0519. The van der Waals surface area contributed by atoms with Crippen molar-refractivity contribution < 1.29 is 14.6 Å². The van der Waals surface area contributed by atoms with E-state index >= 15 is 0 Å². The van der Waals surface area contributed by atoms with Crippen molar-refractivity contribution in [3.8, 4) is 5.75 Å². The largest absolute Gasteiger partial charge is 0.504 e. The minimum atomic E-state index is -0.391. The number of aromatic amines is 1. The summed E-state index contributed by atoms with van der Waals surface area (Å²) in [5, 5.41) is 22.9. The molecule has 0 radical (unpaired) electrons. The first kappa shape index (κ1) is 19.1. The Morgan fingerprint density at radius 1 is 1.17 bits per heavy atom.